The SMILES string of the molecule is CC(C)c1ccnc(C(C)C)c1.CC(C)c1ccnc(C(C)C)n1.CC(C)c1cnc(C(C)C)nc1. The normalized spacial score (nSPS) is 11.2. The third-order valence-corrected chi connectivity index (χ3v) is 5.74. The molecule has 3 aromatic heterocycles. The van der Waals surface area contributed by atoms with Gasteiger partial charge in [0.1, 0.15) is 11.6 Å². The molecule has 0 atom stereocenters. The van der Waals surface area contributed by atoms with E-state index in [9.17, 15) is 0 Å². The molecule has 0 bridgehead atoms. The Morgan fingerprint density at radius 1 is 0.444 bits per heavy atom. The molecule has 3 heterocycles. The van der Waals surface area contributed by atoms with E-state index in [2.05, 4.69) is 120 Å². The molecule has 5 heteroatoms. The van der Waals surface area contributed by atoms with Gasteiger partial charge >= 0.3 is 0 Å². The summed E-state index contributed by atoms with van der Waals surface area (Å²) in [4.78, 5) is 21.6. The molecule has 5 nitrogen and oxygen atoms in total. The van der Waals surface area contributed by atoms with Crippen molar-refractivity contribution < 1.29 is 0 Å². The Hall–Kier alpha value is -2.69. The second-order valence-corrected chi connectivity index (χ2v) is 11.2. The maximum absolute atomic E-state index is 4.46. The minimum absolute atomic E-state index is 0.420. The molecule has 0 spiro atoms. The van der Waals surface area contributed by atoms with Crippen molar-refractivity contribution in [3.63, 3.8) is 0 Å². The van der Waals surface area contributed by atoms with Crippen molar-refractivity contribution in [3.05, 3.63) is 77.2 Å². The fourth-order valence-electron chi connectivity index (χ4n) is 3.07. The summed E-state index contributed by atoms with van der Waals surface area (Å²) >= 11 is 0. The zero-order valence-electron chi connectivity index (χ0n) is 24.7. The molecule has 0 aliphatic rings. The Morgan fingerprint density at radius 3 is 1.39 bits per heavy atom. The Labute approximate surface area is 220 Å². The van der Waals surface area contributed by atoms with Gasteiger partial charge in [-0.15, -0.1) is 0 Å². The van der Waals surface area contributed by atoms with Crippen molar-refractivity contribution in [1.29, 1.82) is 0 Å². The van der Waals surface area contributed by atoms with Gasteiger partial charge in [-0.2, -0.15) is 0 Å². The fourth-order valence-corrected chi connectivity index (χ4v) is 3.07. The number of pyridine rings is 1. The maximum Gasteiger partial charge on any atom is 0.131 e. The molecule has 0 unspecified atom stereocenters. The largest absolute Gasteiger partial charge is 0.261 e. The van der Waals surface area contributed by atoms with E-state index in [1.54, 1.807) is 0 Å². The topological polar surface area (TPSA) is 64.5 Å². The van der Waals surface area contributed by atoms with Crippen molar-refractivity contribution in [2.75, 3.05) is 0 Å². The highest BCUT2D eigenvalue weighted by atomic mass is 14.9. The molecular formula is C31H49N5. The van der Waals surface area contributed by atoms with E-state index in [4.69, 9.17) is 0 Å². The Bertz CT molecular complexity index is 876. The number of hydrogen-bond donors (Lipinski definition) is 0. The van der Waals surface area contributed by atoms with E-state index in [0.717, 1.165) is 17.3 Å². The van der Waals surface area contributed by atoms with Crippen LogP contribution in [0.4, 0.5) is 0 Å². The van der Waals surface area contributed by atoms with Gasteiger partial charge in [0.25, 0.3) is 0 Å². The number of rotatable bonds is 6. The van der Waals surface area contributed by atoms with Gasteiger partial charge in [0, 0.05) is 48.0 Å². The second-order valence-electron chi connectivity index (χ2n) is 11.2. The van der Waals surface area contributed by atoms with E-state index in [-0.39, 0.29) is 0 Å². The Kier molecular flexibility index (Phi) is 13.4. The molecule has 0 aliphatic carbocycles. The fraction of sp³-hybridized carbons (Fsp3) is 0.581. The zero-order chi connectivity index (χ0) is 27.4. The third kappa shape index (κ3) is 10.9. The smallest absolute Gasteiger partial charge is 0.131 e. The van der Waals surface area contributed by atoms with Crippen molar-refractivity contribution in [3.8, 4) is 0 Å². The molecule has 0 radical (unpaired) electrons. The third-order valence-electron chi connectivity index (χ3n) is 5.74. The van der Waals surface area contributed by atoms with Crippen molar-refractivity contribution in [2.24, 2.45) is 0 Å². The molecule has 0 fully saturated rings. The molecule has 0 N–H and O–H groups in total. The molecule has 0 saturated heterocycles. The van der Waals surface area contributed by atoms with E-state index < -0.39 is 0 Å². The van der Waals surface area contributed by atoms with Crippen LogP contribution in [0.25, 0.3) is 0 Å². The summed E-state index contributed by atoms with van der Waals surface area (Å²) in [6.45, 7) is 25.8. The van der Waals surface area contributed by atoms with Crippen LogP contribution in [0.1, 0.15) is 153 Å². The minimum atomic E-state index is 0.420. The van der Waals surface area contributed by atoms with Crippen LogP contribution in [-0.2, 0) is 0 Å². The quantitative estimate of drug-likeness (QED) is 0.345. The highest BCUT2D eigenvalue weighted by Crippen LogP contribution is 2.18. The highest BCUT2D eigenvalue weighted by Gasteiger charge is 2.06. The van der Waals surface area contributed by atoms with Crippen molar-refractivity contribution >= 4 is 0 Å². The van der Waals surface area contributed by atoms with Gasteiger partial charge in [-0.1, -0.05) is 83.1 Å². The summed E-state index contributed by atoms with van der Waals surface area (Å²) in [5.41, 5.74) is 4.92. The second kappa shape index (κ2) is 15.4. The first-order valence-corrected chi connectivity index (χ1v) is 13.4. The first-order valence-electron chi connectivity index (χ1n) is 13.4. The highest BCUT2D eigenvalue weighted by molar-refractivity contribution is 5.21. The predicted molar refractivity (Wildman–Crippen MR) is 153 cm³/mol. The van der Waals surface area contributed by atoms with E-state index in [0.29, 0.717) is 35.5 Å². The number of aromatic nitrogens is 5. The first kappa shape index (κ1) is 31.3. The molecule has 36 heavy (non-hydrogen) atoms. The maximum atomic E-state index is 4.46. The van der Waals surface area contributed by atoms with E-state index >= 15 is 0 Å². The van der Waals surface area contributed by atoms with Crippen LogP contribution in [0.2, 0.25) is 0 Å². The molecular weight excluding hydrogens is 442 g/mol. The average Bonchev–Trinajstić information content (AvgIpc) is 2.85. The molecule has 198 valence electrons. The van der Waals surface area contributed by atoms with E-state index in [1.165, 1.54) is 16.8 Å². The van der Waals surface area contributed by atoms with Gasteiger partial charge < -0.3 is 0 Å². The van der Waals surface area contributed by atoms with E-state index in [1.807, 2.05) is 30.9 Å². The van der Waals surface area contributed by atoms with Crippen molar-refractivity contribution in [2.45, 2.75) is 119 Å². The standard InChI is InChI=1S/C11H17N.2C10H16N2/c1-8(2)10-5-6-12-11(7-10)9(3)4;1-7(2)9-5-11-10(8(3)4)12-6-9;1-7(2)9-5-6-11-10(12-9)8(3)4/h5-9H,1-4H3;2*5-8H,1-4H3. The van der Waals surface area contributed by atoms with Crippen LogP contribution in [-0.4, -0.2) is 24.9 Å². The molecule has 0 aromatic carbocycles. The minimum Gasteiger partial charge on any atom is -0.261 e. The number of hydrogen-bond acceptors (Lipinski definition) is 5. The Balaban J connectivity index is 0.000000270. The van der Waals surface area contributed by atoms with Crippen molar-refractivity contribution in [1.82, 2.24) is 24.9 Å². The van der Waals surface area contributed by atoms with Crippen LogP contribution < -0.4 is 0 Å². The van der Waals surface area contributed by atoms with Gasteiger partial charge in [0.05, 0.1) is 0 Å². The van der Waals surface area contributed by atoms with Gasteiger partial charge in [-0.3, -0.25) is 4.98 Å². The molecule has 0 amide bonds. The van der Waals surface area contributed by atoms with Crippen LogP contribution in [0, 0.1) is 0 Å². The van der Waals surface area contributed by atoms with Crippen LogP contribution in [0.3, 0.4) is 0 Å². The molecule has 0 aliphatic heterocycles. The van der Waals surface area contributed by atoms with Gasteiger partial charge in [0.15, 0.2) is 0 Å². The molecule has 3 rings (SSSR count). The Morgan fingerprint density at radius 2 is 0.944 bits per heavy atom. The lowest BCUT2D eigenvalue weighted by Gasteiger charge is -2.08. The van der Waals surface area contributed by atoms with Crippen LogP contribution in [0.5, 0.6) is 0 Å². The summed E-state index contributed by atoms with van der Waals surface area (Å²) in [6, 6.07) is 6.28. The van der Waals surface area contributed by atoms with Crippen LogP contribution >= 0.6 is 0 Å². The summed E-state index contributed by atoms with van der Waals surface area (Å²) in [5.74, 6) is 4.86. The summed E-state index contributed by atoms with van der Waals surface area (Å²) < 4.78 is 0. The zero-order valence-corrected chi connectivity index (χ0v) is 24.7. The van der Waals surface area contributed by atoms with Gasteiger partial charge in [-0.25, -0.2) is 19.9 Å². The lowest BCUT2D eigenvalue weighted by molar-refractivity contribution is 0.729. The van der Waals surface area contributed by atoms with Gasteiger partial charge in [-0.05, 0) is 53.0 Å². The molecule has 3 aromatic rings. The lowest BCUT2D eigenvalue weighted by atomic mass is 10.0. The predicted octanol–water partition coefficient (Wildman–Crippen LogP) is 8.78. The average molecular weight is 492 g/mol. The van der Waals surface area contributed by atoms with Crippen LogP contribution in [0.15, 0.2) is 43.0 Å². The summed E-state index contributed by atoms with van der Waals surface area (Å²) in [6.07, 6.45) is 7.60. The molecule has 0 saturated carbocycles. The number of nitrogens with zero attached hydrogens (tertiary/aromatic N) is 5. The van der Waals surface area contributed by atoms with Gasteiger partial charge in [0.2, 0.25) is 0 Å². The lowest BCUT2D eigenvalue weighted by Crippen LogP contribution is -2.01. The monoisotopic (exact) mass is 491 g/mol. The summed E-state index contributed by atoms with van der Waals surface area (Å²) in [5, 5.41) is 0. The first-order chi connectivity index (χ1) is 16.8. The summed E-state index contributed by atoms with van der Waals surface area (Å²) in [7, 11) is 0.